The minimum absolute atomic E-state index is 0.163. The van der Waals surface area contributed by atoms with Gasteiger partial charge in [0.1, 0.15) is 18.9 Å². The van der Waals surface area contributed by atoms with E-state index in [0.29, 0.717) is 17.9 Å². The number of hydrogen-bond acceptors (Lipinski definition) is 4. The van der Waals surface area contributed by atoms with Gasteiger partial charge >= 0.3 is 6.18 Å². The Morgan fingerprint density at radius 1 is 1.00 bits per heavy atom. The zero-order valence-corrected chi connectivity index (χ0v) is 17.3. The first-order chi connectivity index (χ1) is 15.9. The molecule has 0 aliphatic heterocycles. The second-order valence-electron chi connectivity index (χ2n) is 7.14. The topological polar surface area (TPSA) is 68.5 Å². The largest absolute Gasteiger partial charge is 0.489 e. The molecule has 9 heteroatoms. The van der Waals surface area contributed by atoms with Gasteiger partial charge in [0.05, 0.1) is 17.2 Å². The highest BCUT2D eigenvalue weighted by atomic mass is 19.4. The summed E-state index contributed by atoms with van der Waals surface area (Å²) in [7, 11) is 0. The number of benzene rings is 3. The number of aromatic nitrogens is 2. The molecule has 0 saturated heterocycles. The molecule has 0 unspecified atom stereocenters. The van der Waals surface area contributed by atoms with Crippen LogP contribution in [-0.4, -0.2) is 21.7 Å². The third-order valence-corrected chi connectivity index (χ3v) is 4.74. The molecule has 0 saturated carbocycles. The monoisotopic (exact) mass is 452 g/mol. The van der Waals surface area contributed by atoms with Gasteiger partial charge in [-0.05, 0) is 47.5 Å². The molecule has 4 aromatic rings. The molecule has 3 aromatic carbocycles. The molecule has 0 aliphatic rings. The Morgan fingerprint density at radius 3 is 2.42 bits per heavy atom. The van der Waals surface area contributed by atoms with Crippen molar-refractivity contribution in [2.45, 2.75) is 19.3 Å². The molecule has 0 atom stereocenters. The van der Waals surface area contributed by atoms with Crippen molar-refractivity contribution in [1.82, 2.24) is 15.0 Å². The van der Waals surface area contributed by atoms with E-state index in [1.165, 1.54) is 18.3 Å². The fourth-order valence-electron chi connectivity index (χ4n) is 3.20. The summed E-state index contributed by atoms with van der Waals surface area (Å²) in [4.78, 5) is 15.9. The predicted octanol–water partition coefficient (Wildman–Crippen LogP) is 4.78. The maximum absolute atomic E-state index is 13.3. The van der Waals surface area contributed by atoms with E-state index in [9.17, 15) is 18.0 Å². The Balaban J connectivity index is 1.36. The molecule has 1 N–H and O–H groups in total. The van der Waals surface area contributed by atoms with Gasteiger partial charge < -0.3 is 9.30 Å². The van der Waals surface area contributed by atoms with E-state index in [2.05, 4.69) is 15.5 Å². The minimum Gasteiger partial charge on any atom is -0.489 e. The first-order valence-electron chi connectivity index (χ1n) is 10.0. The standard InChI is InChI=1S/C24H19F3N4O2/c25-24(26,27)23-29-20-8-4-5-9-21(20)31(23)15-22(32)30-28-14-17-10-12-19(13-11-17)33-16-18-6-2-1-3-7-18/h1-14H,15-16H2,(H,30,32). The van der Waals surface area contributed by atoms with Crippen LogP contribution in [0.4, 0.5) is 13.2 Å². The van der Waals surface area contributed by atoms with Crippen LogP contribution < -0.4 is 10.2 Å². The lowest BCUT2D eigenvalue weighted by Gasteiger charge is -2.10. The molecular weight excluding hydrogens is 433 g/mol. The SMILES string of the molecule is O=C(Cn1c(C(F)(F)F)nc2ccccc21)NN=Cc1ccc(OCc2ccccc2)cc1. The number of nitrogens with one attached hydrogen (secondary N) is 1. The number of amides is 1. The molecule has 6 nitrogen and oxygen atoms in total. The van der Waals surface area contributed by atoms with E-state index in [1.807, 2.05) is 30.3 Å². The van der Waals surface area contributed by atoms with Crippen LogP contribution in [0.2, 0.25) is 0 Å². The maximum Gasteiger partial charge on any atom is 0.449 e. The molecule has 1 amide bonds. The van der Waals surface area contributed by atoms with Gasteiger partial charge in [-0.1, -0.05) is 42.5 Å². The summed E-state index contributed by atoms with van der Waals surface area (Å²) >= 11 is 0. The summed E-state index contributed by atoms with van der Waals surface area (Å²) in [6, 6.07) is 22.9. The highest BCUT2D eigenvalue weighted by molar-refractivity contribution is 5.84. The lowest BCUT2D eigenvalue weighted by atomic mass is 10.2. The molecule has 33 heavy (non-hydrogen) atoms. The lowest BCUT2D eigenvalue weighted by Crippen LogP contribution is -2.26. The van der Waals surface area contributed by atoms with Crippen molar-refractivity contribution in [3.63, 3.8) is 0 Å². The molecule has 0 fully saturated rings. The van der Waals surface area contributed by atoms with Crippen molar-refractivity contribution < 1.29 is 22.7 Å². The second kappa shape index (κ2) is 9.56. The summed E-state index contributed by atoms with van der Waals surface area (Å²) in [5.74, 6) is -1.16. The average molecular weight is 452 g/mol. The number of imidazole rings is 1. The minimum atomic E-state index is -4.69. The highest BCUT2D eigenvalue weighted by Gasteiger charge is 2.37. The van der Waals surface area contributed by atoms with Crippen LogP contribution >= 0.6 is 0 Å². The number of fused-ring (bicyclic) bond motifs is 1. The first-order valence-corrected chi connectivity index (χ1v) is 10.0. The van der Waals surface area contributed by atoms with Crippen LogP contribution in [0.3, 0.4) is 0 Å². The summed E-state index contributed by atoms with van der Waals surface area (Å²) in [6.45, 7) is -0.133. The zero-order chi connectivity index (χ0) is 23.3. The van der Waals surface area contributed by atoms with Crippen molar-refractivity contribution in [2.75, 3.05) is 0 Å². The zero-order valence-electron chi connectivity index (χ0n) is 17.3. The summed E-state index contributed by atoms with van der Waals surface area (Å²) in [5, 5.41) is 3.84. The number of halogens is 3. The number of rotatable bonds is 7. The number of para-hydroxylation sites is 2. The lowest BCUT2D eigenvalue weighted by molar-refractivity contribution is -0.147. The van der Waals surface area contributed by atoms with Gasteiger partial charge in [-0.3, -0.25) is 4.79 Å². The van der Waals surface area contributed by atoms with Gasteiger partial charge in [0, 0.05) is 0 Å². The number of hydrazone groups is 1. The maximum atomic E-state index is 13.3. The molecule has 0 radical (unpaired) electrons. The van der Waals surface area contributed by atoms with Gasteiger partial charge in [-0.15, -0.1) is 0 Å². The van der Waals surface area contributed by atoms with Crippen LogP contribution in [0.15, 0.2) is 84.0 Å². The molecule has 0 aliphatic carbocycles. The number of hydrogen-bond donors (Lipinski definition) is 1. The first kappa shape index (κ1) is 22.1. The number of alkyl halides is 3. The van der Waals surface area contributed by atoms with E-state index < -0.39 is 24.5 Å². The molecule has 1 heterocycles. The van der Waals surface area contributed by atoms with Crippen LogP contribution in [0.25, 0.3) is 11.0 Å². The van der Waals surface area contributed by atoms with Gasteiger partial charge in [0.2, 0.25) is 5.82 Å². The fourth-order valence-corrected chi connectivity index (χ4v) is 3.20. The third kappa shape index (κ3) is 5.57. The predicted molar refractivity (Wildman–Crippen MR) is 118 cm³/mol. The van der Waals surface area contributed by atoms with Crippen LogP contribution in [-0.2, 0) is 24.1 Å². The van der Waals surface area contributed by atoms with Gasteiger partial charge in [0.15, 0.2) is 0 Å². The van der Waals surface area contributed by atoms with Crippen molar-refractivity contribution in [3.05, 3.63) is 95.8 Å². The number of nitrogens with zero attached hydrogens (tertiary/aromatic N) is 3. The van der Waals surface area contributed by atoms with Crippen LogP contribution in [0.5, 0.6) is 5.75 Å². The molecule has 0 spiro atoms. The van der Waals surface area contributed by atoms with Crippen molar-refractivity contribution in [3.8, 4) is 5.75 Å². The number of carbonyl (C=O) groups is 1. The van der Waals surface area contributed by atoms with Crippen LogP contribution in [0, 0.1) is 0 Å². The van der Waals surface area contributed by atoms with Crippen molar-refractivity contribution >= 4 is 23.2 Å². The van der Waals surface area contributed by atoms with Crippen molar-refractivity contribution in [2.24, 2.45) is 5.10 Å². The summed E-state index contributed by atoms with van der Waals surface area (Å²) in [6.07, 6.45) is -3.29. The van der Waals surface area contributed by atoms with Crippen molar-refractivity contribution in [1.29, 1.82) is 0 Å². The van der Waals surface area contributed by atoms with Gasteiger partial charge in [0.25, 0.3) is 5.91 Å². The Morgan fingerprint density at radius 2 is 1.70 bits per heavy atom. The normalized spacial score (nSPS) is 11.7. The molecular formula is C24H19F3N4O2. The van der Waals surface area contributed by atoms with E-state index in [0.717, 1.165) is 10.1 Å². The molecule has 4 rings (SSSR count). The van der Waals surface area contributed by atoms with E-state index >= 15 is 0 Å². The third-order valence-electron chi connectivity index (χ3n) is 4.74. The Hall–Kier alpha value is -4.14. The fraction of sp³-hybridized carbons (Fsp3) is 0.125. The molecule has 1 aromatic heterocycles. The smallest absolute Gasteiger partial charge is 0.449 e. The number of carbonyl (C=O) groups excluding carboxylic acids is 1. The van der Waals surface area contributed by atoms with E-state index in [1.54, 1.807) is 36.4 Å². The molecule has 168 valence electrons. The Bertz CT molecular complexity index is 1270. The highest BCUT2D eigenvalue weighted by Crippen LogP contribution is 2.31. The Kier molecular flexibility index (Phi) is 6.39. The number of ether oxygens (including phenoxy) is 1. The second-order valence-corrected chi connectivity index (χ2v) is 7.14. The summed E-state index contributed by atoms with van der Waals surface area (Å²) < 4.78 is 46.6. The quantitative estimate of drug-likeness (QED) is 0.324. The molecule has 0 bridgehead atoms. The summed E-state index contributed by atoms with van der Waals surface area (Å²) in [5.41, 5.74) is 4.37. The van der Waals surface area contributed by atoms with Gasteiger partial charge in [-0.2, -0.15) is 18.3 Å². The van der Waals surface area contributed by atoms with Crippen LogP contribution in [0.1, 0.15) is 17.0 Å². The van der Waals surface area contributed by atoms with Gasteiger partial charge in [-0.25, -0.2) is 10.4 Å². The van der Waals surface area contributed by atoms with E-state index in [4.69, 9.17) is 4.74 Å². The Labute approximate surface area is 187 Å². The van der Waals surface area contributed by atoms with E-state index in [-0.39, 0.29) is 11.0 Å². The average Bonchev–Trinajstić information content (AvgIpc) is 3.18.